The molecule has 18 heavy (non-hydrogen) atoms. The summed E-state index contributed by atoms with van der Waals surface area (Å²) in [6, 6.07) is 8.24. The van der Waals surface area contributed by atoms with Crippen LogP contribution in [0.3, 0.4) is 0 Å². The molecule has 4 heteroatoms. The molecule has 1 aliphatic rings. The largest absolute Gasteiger partial charge is 0.381 e. The molecule has 2 rings (SSSR count). The Kier molecular flexibility index (Phi) is 4.59. The molecule has 1 aromatic carbocycles. The number of anilines is 1. The number of carbonyl (C=O) groups excluding carboxylic acids is 1. The average molecular weight is 248 g/mol. The van der Waals surface area contributed by atoms with Crippen molar-refractivity contribution in [1.29, 1.82) is 0 Å². The van der Waals surface area contributed by atoms with E-state index >= 15 is 0 Å². The van der Waals surface area contributed by atoms with Crippen LogP contribution in [0.25, 0.3) is 0 Å². The molecule has 0 radical (unpaired) electrons. The predicted octanol–water partition coefficient (Wildman–Crippen LogP) is 1.74. The summed E-state index contributed by atoms with van der Waals surface area (Å²) in [5, 5.41) is 5.90. The molecule has 1 unspecified atom stereocenters. The van der Waals surface area contributed by atoms with Gasteiger partial charge in [-0.2, -0.15) is 0 Å². The summed E-state index contributed by atoms with van der Waals surface area (Å²) >= 11 is 0. The third kappa shape index (κ3) is 3.47. The van der Waals surface area contributed by atoms with Gasteiger partial charge in [0.2, 0.25) is 5.91 Å². The molecule has 4 nitrogen and oxygen atoms in total. The van der Waals surface area contributed by atoms with Crippen LogP contribution in [0.1, 0.15) is 24.8 Å². The Bertz CT molecular complexity index is 401. The van der Waals surface area contributed by atoms with Gasteiger partial charge >= 0.3 is 0 Å². The summed E-state index contributed by atoms with van der Waals surface area (Å²) in [4.78, 5) is 11.4. The fourth-order valence-corrected chi connectivity index (χ4v) is 2.14. The SMILES string of the molecule is CCNC(=O)CNc1cccc(C2CCOC2)c1. The first-order chi connectivity index (χ1) is 8.79. The van der Waals surface area contributed by atoms with Gasteiger partial charge in [-0.3, -0.25) is 4.79 Å². The second-order valence-corrected chi connectivity index (χ2v) is 4.49. The smallest absolute Gasteiger partial charge is 0.239 e. The highest BCUT2D eigenvalue weighted by molar-refractivity contribution is 5.80. The van der Waals surface area contributed by atoms with Crippen molar-refractivity contribution >= 4 is 11.6 Å². The Morgan fingerprint density at radius 3 is 3.11 bits per heavy atom. The Hall–Kier alpha value is -1.55. The number of hydrogen-bond donors (Lipinski definition) is 2. The van der Waals surface area contributed by atoms with E-state index in [0.29, 0.717) is 19.0 Å². The van der Waals surface area contributed by atoms with Gasteiger partial charge < -0.3 is 15.4 Å². The number of carbonyl (C=O) groups is 1. The van der Waals surface area contributed by atoms with Crippen LogP contribution >= 0.6 is 0 Å². The minimum atomic E-state index is 0.0205. The summed E-state index contributed by atoms with van der Waals surface area (Å²) in [7, 11) is 0. The first-order valence-corrected chi connectivity index (χ1v) is 6.48. The van der Waals surface area contributed by atoms with Gasteiger partial charge in [-0.1, -0.05) is 12.1 Å². The summed E-state index contributed by atoms with van der Waals surface area (Å²) in [6.07, 6.45) is 1.08. The van der Waals surface area contributed by atoms with E-state index < -0.39 is 0 Å². The molecule has 0 spiro atoms. The van der Waals surface area contributed by atoms with Gasteiger partial charge in [0.05, 0.1) is 13.2 Å². The van der Waals surface area contributed by atoms with Crippen molar-refractivity contribution in [2.75, 3.05) is 31.6 Å². The third-order valence-corrected chi connectivity index (χ3v) is 3.11. The van der Waals surface area contributed by atoms with Crippen LogP contribution in [0, 0.1) is 0 Å². The van der Waals surface area contributed by atoms with Crippen molar-refractivity contribution in [2.24, 2.45) is 0 Å². The number of benzene rings is 1. The molecule has 1 aromatic rings. The van der Waals surface area contributed by atoms with Crippen LogP contribution in [0.4, 0.5) is 5.69 Å². The van der Waals surface area contributed by atoms with E-state index in [-0.39, 0.29) is 5.91 Å². The molecule has 1 amide bonds. The first-order valence-electron chi connectivity index (χ1n) is 6.48. The summed E-state index contributed by atoms with van der Waals surface area (Å²) in [5.41, 5.74) is 2.28. The van der Waals surface area contributed by atoms with Crippen LogP contribution < -0.4 is 10.6 Å². The molecular weight excluding hydrogens is 228 g/mol. The molecule has 1 heterocycles. The molecule has 0 bridgehead atoms. The van der Waals surface area contributed by atoms with Crippen molar-refractivity contribution in [1.82, 2.24) is 5.32 Å². The van der Waals surface area contributed by atoms with E-state index in [0.717, 1.165) is 25.3 Å². The molecule has 1 saturated heterocycles. The van der Waals surface area contributed by atoms with Gasteiger partial charge in [0.15, 0.2) is 0 Å². The number of ether oxygens (including phenoxy) is 1. The third-order valence-electron chi connectivity index (χ3n) is 3.11. The maximum Gasteiger partial charge on any atom is 0.239 e. The molecule has 1 atom stereocenters. The lowest BCUT2D eigenvalue weighted by atomic mass is 9.98. The number of likely N-dealkylation sites (N-methyl/N-ethyl adjacent to an activating group) is 1. The lowest BCUT2D eigenvalue weighted by Gasteiger charge is -2.11. The van der Waals surface area contributed by atoms with Crippen LogP contribution in [0.2, 0.25) is 0 Å². The normalized spacial score (nSPS) is 18.6. The fourth-order valence-electron chi connectivity index (χ4n) is 2.14. The minimum Gasteiger partial charge on any atom is -0.381 e. The minimum absolute atomic E-state index is 0.0205. The van der Waals surface area contributed by atoms with E-state index in [1.165, 1.54) is 5.56 Å². The zero-order valence-corrected chi connectivity index (χ0v) is 10.7. The fraction of sp³-hybridized carbons (Fsp3) is 0.500. The Morgan fingerprint density at radius 1 is 1.50 bits per heavy atom. The monoisotopic (exact) mass is 248 g/mol. The van der Waals surface area contributed by atoms with E-state index in [1.54, 1.807) is 0 Å². The Morgan fingerprint density at radius 2 is 2.39 bits per heavy atom. The summed E-state index contributed by atoms with van der Waals surface area (Å²) in [6.45, 7) is 4.55. The standard InChI is InChI=1S/C14H20N2O2/c1-2-15-14(17)9-16-13-5-3-4-11(8-13)12-6-7-18-10-12/h3-5,8,12,16H,2,6-7,9-10H2,1H3,(H,15,17). The lowest BCUT2D eigenvalue weighted by Crippen LogP contribution is -2.29. The van der Waals surface area contributed by atoms with Gasteiger partial charge in [0, 0.05) is 24.8 Å². The number of rotatable bonds is 5. The highest BCUT2D eigenvalue weighted by Gasteiger charge is 2.17. The van der Waals surface area contributed by atoms with E-state index in [1.807, 2.05) is 19.1 Å². The van der Waals surface area contributed by atoms with Gasteiger partial charge in [0.25, 0.3) is 0 Å². The van der Waals surface area contributed by atoms with Crippen LogP contribution in [-0.4, -0.2) is 32.2 Å². The molecule has 1 fully saturated rings. The Balaban J connectivity index is 1.92. The van der Waals surface area contributed by atoms with E-state index in [2.05, 4.69) is 22.8 Å². The second-order valence-electron chi connectivity index (χ2n) is 4.49. The highest BCUT2D eigenvalue weighted by Crippen LogP contribution is 2.26. The zero-order valence-electron chi connectivity index (χ0n) is 10.7. The molecule has 98 valence electrons. The molecule has 2 N–H and O–H groups in total. The van der Waals surface area contributed by atoms with Crippen LogP contribution in [0.15, 0.2) is 24.3 Å². The van der Waals surface area contributed by atoms with E-state index in [4.69, 9.17) is 4.74 Å². The molecule has 0 saturated carbocycles. The first kappa shape index (κ1) is 12.9. The van der Waals surface area contributed by atoms with Crippen LogP contribution in [0.5, 0.6) is 0 Å². The van der Waals surface area contributed by atoms with Crippen molar-refractivity contribution in [3.05, 3.63) is 29.8 Å². The zero-order chi connectivity index (χ0) is 12.8. The summed E-state index contributed by atoms with van der Waals surface area (Å²) < 4.78 is 5.40. The Labute approximate surface area is 108 Å². The van der Waals surface area contributed by atoms with Gasteiger partial charge in [-0.05, 0) is 31.0 Å². The van der Waals surface area contributed by atoms with Crippen molar-refractivity contribution < 1.29 is 9.53 Å². The summed E-state index contributed by atoms with van der Waals surface area (Å²) in [5.74, 6) is 0.517. The highest BCUT2D eigenvalue weighted by atomic mass is 16.5. The van der Waals surface area contributed by atoms with E-state index in [9.17, 15) is 4.79 Å². The molecule has 1 aliphatic heterocycles. The molecule has 0 aromatic heterocycles. The van der Waals surface area contributed by atoms with Crippen LogP contribution in [-0.2, 0) is 9.53 Å². The molecule has 0 aliphatic carbocycles. The lowest BCUT2D eigenvalue weighted by molar-refractivity contribution is -0.119. The second kappa shape index (κ2) is 6.40. The topological polar surface area (TPSA) is 50.4 Å². The van der Waals surface area contributed by atoms with Gasteiger partial charge in [0.1, 0.15) is 0 Å². The average Bonchev–Trinajstić information content (AvgIpc) is 2.91. The quantitative estimate of drug-likeness (QED) is 0.834. The van der Waals surface area contributed by atoms with Gasteiger partial charge in [-0.25, -0.2) is 0 Å². The maximum absolute atomic E-state index is 11.4. The molecular formula is C14H20N2O2. The predicted molar refractivity (Wildman–Crippen MR) is 71.8 cm³/mol. The number of nitrogens with one attached hydrogen (secondary N) is 2. The van der Waals surface area contributed by atoms with Crippen molar-refractivity contribution in [3.63, 3.8) is 0 Å². The van der Waals surface area contributed by atoms with Crippen molar-refractivity contribution in [3.8, 4) is 0 Å². The number of amides is 1. The maximum atomic E-state index is 11.4. The van der Waals surface area contributed by atoms with Crippen molar-refractivity contribution in [2.45, 2.75) is 19.3 Å². The number of hydrogen-bond acceptors (Lipinski definition) is 3. The van der Waals surface area contributed by atoms with Gasteiger partial charge in [-0.15, -0.1) is 0 Å².